The van der Waals surface area contributed by atoms with Crippen LogP contribution in [0.3, 0.4) is 0 Å². The summed E-state index contributed by atoms with van der Waals surface area (Å²) >= 11 is 0. The van der Waals surface area contributed by atoms with Crippen LogP contribution in [0, 0.1) is 18.8 Å². The van der Waals surface area contributed by atoms with Crippen molar-refractivity contribution < 1.29 is 52.5 Å². The average Bonchev–Trinajstić information content (AvgIpc) is 3.07. The molecule has 1 aliphatic rings. The van der Waals surface area contributed by atoms with E-state index in [4.69, 9.17) is 29.4 Å². The molecule has 1 saturated heterocycles. The van der Waals surface area contributed by atoms with Gasteiger partial charge in [-0.05, 0) is 75.3 Å². The number of aryl methyl sites for hydroxylation is 1. The van der Waals surface area contributed by atoms with Crippen molar-refractivity contribution in [2.24, 2.45) is 17.6 Å². The number of hydrogen-bond acceptors (Lipinski definition) is 11. The lowest BCUT2D eigenvalue weighted by atomic mass is 9.97. The summed E-state index contributed by atoms with van der Waals surface area (Å²) in [7, 11) is 0. The molecule has 1 fully saturated rings. The summed E-state index contributed by atoms with van der Waals surface area (Å²) in [4.78, 5) is 77.6. The first-order valence-corrected chi connectivity index (χ1v) is 17.3. The number of nitrogens with zero attached hydrogens (tertiary/aromatic N) is 1. The number of carbonyl (C=O) groups excluding carboxylic acids is 6. The van der Waals surface area contributed by atoms with Gasteiger partial charge in [-0.25, -0.2) is 14.4 Å². The van der Waals surface area contributed by atoms with Gasteiger partial charge >= 0.3 is 18.2 Å². The van der Waals surface area contributed by atoms with E-state index in [1.165, 1.54) is 24.0 Å². The largest absolute Gasteiger partial charge is 0.511 e. The van der Waals surface area contributed by atoms with Crippen LogP contribution in [0.1, 0.15) is 65.0 Å². The number of primary amides is 1. The molecule has 0 radical (unpaired) electrons. The highest BCUT2D eigenvalue weighted by Gasteiger charge is 2.31. The van der Waals surface area contributed by atoms with Crippen molar-refractivity contribution in [3.63, 3.8) is 0 Å². The Kier molecular flexibility index (Phi) is 15.7. The molecule has 1 heterocycles. The molecule has 284 valence electrons. The zero-order chi connectivity index (χ0) is 38.4. The van der Waals surface area contributed by atoms with Crippen molar-refractivity contribution in [2.75, 3.05) is 19.7 Å². The normalized spacial score (nSPS) is 14.8. The van der Waals surface area contributed by atoms with Gasteiger partial charge < -0.3 is 45.0 Å². The predicted molar refractivity (Wildman–Crippen MR) is 188 cm³/mol. The Morgan fingerprint density at radius 3 is 2.10 bits per heavy atom. The molecule has 1 aliphatic heterocycles. The molecule has 3 rings (SSSR count). The van der Waals surface area contributed by atoms with Crippen molar-refractivity contribution in [2.45, 2.75) is 91.7 Å². The number of nitrogens with two attached hydrogens (primary N) is 1. The smallest absolute Gasteiger partial charge is 0.484 e. The third-order valence-electron chi connectivity index (χ3n) is 8.01. The first-order chi connectivity index (χ1) is 24.6. The highest BCUT2D eigenvalue weighted by atomic mass is 16.8. The van der Waals surface area contributed by atoms with Crippen LogP contribution in [0.15, 0.2) is 48.5 Å². The number of likely N-dealkylation sites (tertiary alicyclic amines) is 1. The van der Waals surface area contributed by atoms with E-state index in [0.29, 0.717) is 37.2 Å². The van der Waals surface area contributed by atoms with Gasteiger partial charge in [0.1, 0.15) is 23.6 Å². The quantitative estimate of drug-likeness (QED) is 0.168. The molecule has 0 saturated carbocycles. The number of benzene rings is 2. The molecule has 15 heteroatoms. The van der Waals surface area contributed by atoms with E-state index in [-0.39, 0.29) is 42.9 Å². The van der Waals surface area contributed by atoms with Gasteiger partial charge in [0.05, 0.1) is 6.10 Å². The number of rotatable bonds is 16. The van der Waals surface area contributed by atoms with Crippen LogP contribution in [0.5, 0.6) is 11.5 Å². The summed E-state index contributed by atoms with van der Waals surface area (Å²) in [6.45, 7) is 10.5. The Balaban J connectivity index is 1.71. The molecule has 2 aromatic rings. The number of piperidine rings is 1. The number of nitrogens with one attached hydrogen (secondary N) is 2. The molecule has 3 atom stereocenters. The van der Waals surface area contributed by atoms with Crippen LogP contribution < -0.4 is 25.8 Å². The van der Waals surface area contributed by atoms with Crippen LogP contribution in [0.2, 0.25) is 0 Å². The Bertz CT molecular complexity index is 1540. The molecule has 0 aromatic heterocycles. The summed E-state index contributed by atoms with van der Waals surface area (Å²) < 4.78 is 26.5. The molecular formula is C37H50N4O11. The average molecular weight is 727 g/mol. The lowest BCUT2D eigenvalue weighted by Crippen LogP contribution is -2.54. The zero-order valence-corrected chi connectivity index (χ0v) is 30.5. The molecule has 0 bridgehead atoms. The molecule has 1 unspecified atom stereocenters. The second-order valence-electron chi connectivity index (χ2n) is 13.3. The first kappa shape index (κ1) is 41.1. The Morgan fingerprint density at radius 1 is 0.846 bits per heavy atom. The standard InChI is InChI=1S/C37H50N4O11/c1-22(2)19-29(39-32(42)21-48-31-10-8-7-9-24(31)5)34(44)40-30(35(45)50-25(6)51-37(47)49-23(3)4)20-26-11-13-28(14-12-26)52-36(46)41-17-15-27(16-18-41)33(38)43/h7-14,22-23,25,27,29-30H,15-21H2,1-6H3,(H2,38,43)(H,39,42)(H,40,44)/t25?,29-,30-/m0/s1. The summed E-state index contributed by atoms with van der Waals surface area (Å²) in [5.74, 6) is -1.98. The van der Waals surface area contributed by atoms with Crippen LogP contribution in [-0.2, 0) is 39.8 Å². The zero-order valence-electron chi connectivity index (χ0n) is 30.5. The van der Waals surface area contributed by atoms with Crippen molar-refractivity contribution >= 4 is 35.9 Å². The van der Waals surface area contributed by atoms with E-state index in [9.17, 15) is 28.8 Å². The van der Waals surface area contributed by atoms with Gasteiger partial charge in [-0.3, -0.25) is 14.4 Å². The van der Waals surface area contributed by atoms with Crippen molar-refractivity contribution in [1.82, 2.24) is 15.5 Å². The van der Waals surface area contributed by atoms with Gasteiger partial charge in [0.15, 0.2) is 6.61 Å². The molecule has 15 nitrogen and oxygen atoms in total. The lowest BCUT2D eigenvalue weighted by Gasteiger charge is -2.29. The molecule has 0 aliphatic carbocycles. The van der Waals surface area contributed by atoms with Crippen molar-refractivity contribution in [1.29, 1.82) is 0 Å². The first-order valence-electron chi connectivity index (χ1n) is 17.3. The van der Waals surface area contributed by atoms with Crippen molar-refractivity contribution in [3.8, 4) is 11.5 Å². The maximum Gasteiger partial charge on any atom is 0.511 e. The number of para-hydroxylation sites is 1. The molecular weight excluding hydrogens is 676 g/mol. The van der Waals surface area contributed by atoms with Crippen LogP contribution in [0.25, 0.3) is 0 Å². The Labute approximate surface area is 303 Å². The summed E-state index contributed by atoms with van der Waals surface area (Å²) in [5.41, 5.74) is 6.79. The fourth-order valence-corrected chi connectivity index (χ4v) is 5.33. The SMILES string of the molecule is Cc1ccccc1OCC(=O)N[C@@H](CC(C)C)C(=O)N[C@@H](Cc1ccc(OC(=O)N2CCC(C(N)=O)CC2)cc1)C(=O)OC(C)OC(=O)OC(C)C. The number of hydrogen-bond donors (Lipinski definition) is 3. The van der Waals surface area contributed by atoms with Gasteiger partial charge in [-0.1, -0.05) is 44.2 Å². The number of amides is 4. The second-order valence-corrected chi connectivity index (χ2v) is 13.3. The van der Waals surface area contributed by atoms with E-state index in [1.807, 2.05) is 32.9 Å². The van der Waals surface area contributed by atoms with Crippen molar-refractivity contribution in [3.05, 3.63) is 59.7 Å². The molecule has 2 aromatic carbocycles. The Hall–Kier alpha value is -5.34. The monoisotopic (exact) mass is 726 g/mol. The lowest BCUT2D eigenvalue weighted by molar-refractivity contribution is -0.171. The van der Waals surface area contributed by atoms with E-state index < -0.39 is 54.5 Å². The van der Waals surface area contributed by atoms with Gasteiger partial charge in [0, 0.05) is 32.4 Å². The third-order valence-corrected chi connectivity index (χ3v) is 8.01. The van der Waals surface area contributed by atoms with Gasteiger partial charge in [-0.15, -0.1) is 0 Å². The summed E-state index contributed by atoms with van der Waals surface area (Å²) in [5, 5.41) is 5.39. The van der Waals surface area contributed by atoms with Crippen LogP contribution >= 0.6 is 0 Å². The Morgan fingerprint density at radius 2 is 1.50 bits per heavy atom. The van der Waals surface area contributed by atoms with Gasteiger partial charge in [0.25, 0.3) is 5.91 Å². The molecule has 4 amide bonds. The van der Waals surface area contributed by atoms with E-state index in [1.54, 1.807) is 38.1 Å². The third kappa shape index (κ3) is 13.8. The molecule has 4 N–H and O–H groups in total. The minimum atomic E-state index is -1.35. The van der Waals surface area contributed by atoms with E-state index >= 15 is 0 Å². The predicted octanol–water partition coefficient (Wildman–Crippen LogP) is 3.78. The second kappa shape index (κ2) is 19.9. The van der Waals surface area contributed by atoms with E-state index in [2.05, 4.69) is 10.6 Å². The molecule has 52 heavy (non-hydrogen) atoms. The number of esters is 1. The fourth-order valence-electron chi connectivity index (χ4n) is 5.33. The maximum atomic E-state index is 13.6. The maximum absolute atomic E-state index is 13.6. The summed E-state index contributed by atoms with van der Waals surface area (Å²) in [6, 6.07) is 11.2. The minimum absolute atomic E-state index is 0.0103. The highest BCUT2D eigenvalue weighted by molar-refractivity contribution is 5.91. The molecule has 0 spiro atoms. The summed E-state index contributed by atoms with van der Waals surface area (Å²) in [6.07, 6.45) is -2.32. The van der Waals surface area contributed by atoms with E-state index in [0.717, 1.165) is 5.56 Å². The van der Waals surface area contributed by atoms with Gasteiger partial charge in [0.2, 0.25) is 18.1 Å². The fraction of sp³-hybridized carbons (Fsp3) is 0.514. The number of ether oxygens (including phenoxy) is 5. The minimum Gasteiger partial charge on any atom is -0.484 e. The van der Waals surface area contributed by atoms with Crippen LogP contribution in [-0.4, -0.2) is 85.0 Å². The van der Waals surface area contributed by atoms with Gasteiger partial charge in [-0.2, -0.15) is 0 Å². The number of carbonyl (C=O) groups is 6. The topological polar surface area (TPSA) is 202 Å². The highest BCUT2D eigenvalue weighted by Crippen LogP contribution is 2.20. The van der Waals surface area contributed by atoms with Crippen LogP contribution in [0.4, 0.5) is 9.59 Å².